The molecular formula is C14H18N4OS. The van der Waals surface area contributed by atoms with Crippen LogP contribution in [0, 0.1) is 6.92 Å². The molecule has 0 aromatic carbocycles. The van der Waals surface area contributed by atoms with E-state index in [9.17, 15) is 4.79 Å². The molecule has 6 heteroatoms. The average molecular weight is 290 g/mol. The molecule has 2 N–H and O–H groups in total. The number of anilines is 1. The molecule has 2 aromatic heterocycles. The van der Waals surface area contributed by atoms with Gasteiger partial charge in [0.05, 0.1) is 5.69 Å². The molecule has 106 valence electrons. The van der Waals surface area contributed by atoms with E-state index in [0.717, 1.165) is 31.6 Å². The maximum atomic E-state index is 12.4. The number of amides is 1. The average Bonchev–Trinajstić information content (AvgIpc) is 3.09. The monoisotopic (exact) mass is 290 g/mol. The van der Waals surface area contributed by atoms with Crippen LogP contribution in [0.2, 0.25) is 0 Å². The van der Waals surface area contributed by atoms with Crippen LogP contribution in [0.3, 0.4) is 0 Å². The summed E-state index contributed by atoms with van der Waals surface area (Å²) in [5.74, 6) is -0.0807. The number of aryl methyl sites for hydroxylation is 1. The minimum atomic E-state index is -0.0807. The van der Waals surface area contributed by atoms with Crippen LogP contribution in [0.25, 0.3) is 0 Å². The van der Waals surface area contributed by atoms with E-state index in [1.54, 1.807) is 0 Å². The summed E-state index contributed by atoms with van der Waals surface area (Å²) in [5, 5.41) is 8.81. The third-order valence-electron chi connectivity index (χ3n) is 3.55. The van der Waals surface area contributed by atoms with Crippen LogP contribution in [0.5, 0.6) is 0 Å². The normalized spacial score (nSPS) is 16.2. The van der Waals surface area contributed by atoms with E-state index >= 15 is 0 Å². The van der Waals surface area contributed by atoms with Crippen molar-refractivity contribution in [1.82, 2.24) is 14.9 Å². The number of carbonyl (C=O) groups is 1. The highest BCUT2D eigenvalue weighted by molar-refractivity contribution is 7.13. The van der Waals surface area contributed by atoms with E-state index in [2.05, 4.69) is 20.2 Å². The number of nitrogens with zero attached hydrogens (tertiary/aromatic N) is 2. The first-order valence-corrected chi connectivity index (χ1v) is 7.73. The molecule has 0 atom stereocenters. The van der Waals surface area contributed by atoms with Gasteiger partial charge in [0.2, 0.25) is 0 Å². The van der Waals surface area contributed by atoms with Crippen molar-refractivity contribution >= 4 is 22.4 Å². The van der Waals surface area contributed by atoms with Crippen molar-refractivity contribution in [2.24, 2.45) is 0 Å². The lowest BCUT2D eigenvalue weighted by molar-refractivity contribution is 0.101. The molecule has 0 saturated carbocycles. The van der Waals surface area contributed by atoms with Gasteiger partial charge in [-0.1, -0.05) is 0 Å². The predicted molar refractivity (Wildman–Crippen MR) is 80.4 cm³/mol. The summed E-state index contributed by atoms with van der Waals surface area (Å²) in [7, 11) is 0. The smallest absolute Gasteiger partial charge is 0.274 e. The number of piperidine rings is 1. The number of thiazole rings is 1. The zero-order valence-electron chi connectivity index (χ0n) is 11.4. The van der Waals surface area contributed by atoms with Crippen LogP contribution in [0.1, 0.15) is 35.1 Å². The lowest BCUT2D eigenvalue weighted by Crippen LogP contribution is -2.31. The van der Waals surface area contributed by atoms with Gasteiger partial charge in [0.15, 0.2) is 5.13 Å². The molecule has 2 aromatic rings. The minimum absolute atomic E-state index is 0.0807. The van der Waals surface area contributed by atoms with Crippen molar-refractivity contribution < 1.29 is 4.79 Å². The van der Waals surface area contributed by atoms with Gasteiger partial charge in [0.25, 0.3) is 5.91 Å². The quantitative estimate of drug-likeness (QED) is 0.912. The molecule has 0 spiro atoms. The Morgan fingerprint density at radius 1 is 1.50 bits per heavy atom. The number of rotatable bonds is 3. The van der Waals surface area contributed by atoms with Gasteiger partial charge in [-0.25, -0.2) is 4.98 Å². The lowest BCUT2D eigenvalue weighted by Gasteiger charge is -2.25. The van der Waals surface area contributed by atoms with Gasteiger partial charge in [-0.05, 0) is 45.0 Å². The summed E-state index contributed by atoms with van der Waals surface area (Å²) in [4.78, 5) is 16.6. The van der Waals surface area contributed by atoms with Gasteiger partial charge < -0.3 is 9.88 Å². The zero-order valence-corrected chi connectivity index (χ0v) is 12.2. The van der Waals surface area contributed by atoms with Crippen LogP contribution < -0.4 is 10.6 Å². The standard InChI is InChI=1S/C14H18N4OS/c1-10-9-20-14(16-10)17-13(19)12-3-2-8-18(12)11-4-6-15-7-5-11/h2-3,8-9,11,15H,4-7H2,1H3,(H,16,17,19). The molecule has 0 unspecified atom stereocenters. The van der Waals surface area contributed by atoms with E-state index in [0.29, 0.717) is 16.9 Å². The van der Waals surface area contributed by atoms with E-state index < -0.39 is 0 Å². The van der Waals surface area contributed by atoms with Gasteiger partial charge in [0.1, 0.15) is 5.69 Å². The first-order chi connectivity index (χ1) is 9.74. The Labute approximate surface area is 122 Å². The molecule has 1 aliphatic heterocycles. The van der Waals surface area contributed by atoms with Crippen molar-refractivity contribution in [2.45, 2.75) is 25.8 Å². The van der Waals surface area contributed by atoms with Gasteiger partial charge in [-0.3, -0.25) is 10.1 Å². The Kier molecular flexibility index (Phi) is 3.84. The van der Waals surface area contributed by atoms with Crippen LogP contribution in [-0.2, 0) is 0 Å². The maximum Gasteiger partial charge on any atom is 0.274 e. The number of aromatic nitrogens is 2. The second kappa shape index (κ2) is 5.76. The topological polar surface area (TPSA) is 59.0 Å². The van der Waals surface area contributed by atoms with E-state index in [1.807, 2.05) is 30.6 Å². The third kappa shape index (κ3) is 2.76. The highest BCUT2D eigenvalue weighted by Crippen LogP contribution is 2.22. The van der Waals surface area contributed by atoms with Crippen LogP contribution >= 0.6 is 11.3 Å². The fraction of sp³-hybridized carbons (Fsp3) is 0.429. The van der Waals surface area contributed by atoms with Crippen molar-refractivity contribution in [3.05, 3.63) is 35.1 Å². The number of hydrogen-bond donors (Lipinski definition) is 2. The first kappa shape index (κ1) is 13.3. The summed E-state index contributed by atoms with van der Waals surface area (Å²) in [6.45, 7) is 3.94. The molecule has 20 heavy (non-hydrogen) atoms. The lowest BCUT2D eigenvalue weighted by atomic mass is 10.1. The first-order valence-electron chi connectivity index (χ1n) is 6.85. The van der Waals surface area contributed by atoms with E-state index in [4.69, 9.17) is 0 Å². The van der Waals surface area contributed by atoms with Crippen molar-refractivity contribution in [1.29, 1.82) is 0 Å². The van der Waals surface area contributed by atoms with E-state index in [-0.39, 0.29) is 5.91 Å². The maximum absolute atomic E-state index is 12.4. The third-order valence-corrected chi connectivity index (χ3v) is 4.43. The molecule has 0 radical (unpaired) electrons. The van der Waals surface area contributed by atoms with Crippen LogP contribution in [-0.4, -0.2) is 28.5 Å². The Hall–Kier alpha value is -1.66. The number of nitrogens with one attached hydrogen (secondary N) is 2. The van der Waals surface area contributed by atoms with Crippen molar-refractivity contribution in [3.8, 4) is 0 Å². The predicted octanol–water partition coefficient (Wildman–Crippen LogP) is 2.43. The van der Waals surface area contributed by atoms with Crippen LogP contribution in [0.15, 0.2) is 23.7 Å². The summed E-state index contributed by atoms with van der Waals surface area (Å²) in [6, 6.07) is 4.21. The van der Waals surface area contributed by atoms with Gasteiger partial charge >= 0.3 is 0 Å². The SMILES string of the molecule is Cc1csc(NC(=O)c2cccn2C2CCNCC2)n1. The fourth-order valence-corrected chi connectivity index (χ4v) is 3.25. The molecule has 0 bridgehead atoms. The summed E-state index contributed by atoms with van der Waals surface area (Å²) >= 11 is 1.45. The summed E-state index contributed by atoms with van der Waals surface area (Å²) in [5.41, 5.74) is 1.64. The Balaban J connectivity index is 1.76. The van der Waals surface area contributed by atoms with Crippen LogP contribution in [0.4, 0.5) is 5.13 Å². The molecule has 3 heterocycles. The highest BCUT2D eigenvalue weighted by Gasteiger charge is 2.20. The molecule has 1 amide bonds. The molecule has 3 rings (SSSR count). The highest BCUT2D eigenvalue weighted by atomic mass is 32.1. The molecule has 1 saturated heterocycles. The number of carbonyl (C=O) groups excluding carboxylic acids is 1. The Bertz CT molecular complexity index is 598. The molecule has 0 aliphatic carbocycles. The Morgan fingerprint density at radius 3 is 3.00 bits per heavy atom. The molecular weight excluding hydrogens is 272 g/mol. The minimum Gasteiger partial charge on any atom is -0.340 e. The van der Waals surface area contributed by atoms with E-state index in [1.165, 1.54) is 11.3 Å². The zero-order chi connectivity index (χ0) is 13.9. The molecule has 1 aliphatic rings. The fourth-order valence-electron chi connectivity index (χ4n) is 2.56. The Morgan fingerprint density at radius 2 is 2.30 bits per heavy atom. The largest absolute Gasteiger partial charge is 0.340 e. The van der Waals surface area contributed by atoms with Gasteiger partial charge in [-0.15, -0.1) is 11.3 Å². The molecule has 5 nitrogen and oxygen atoms in total. The van der Waals surface area contributed by atoms with Crippen molar-refractivity contribution in [3.63, 3.8) is 0 Å². The summed E-state index contributed by atoms with van der Waals surface area (Å²) in [6.07, 6.45) is 4.12. The molecule has 1 fully saturated rings. The van der Waals surface area contributed by atoms with Gasteiger partial charge in [-0.2, -0.15) is 0 Å². The van der Waals surface area contributed by atoms with Gasteiger partial charge in [0, 0.05) is 17.6 Å². The number of hydrogen-bond acceptors (Lipinski definition) is 4. The second-order valence-electron chi connectivity index (χ2n) is 5.03. The second-order valence-corrected chi connectivity index (χ2v) is 5.89. The summed E-state index contributed by atoms with van der Waals surface area (Å²) < 4.78 is 2.09. The van der Waals surface area contributed by atoms with Crippen molar-refractivity contribution in [2.75, 3.05) is 18.4 Å².